The van der Waals surface area contributed by atoms with E-state index >= 15 is 0 Å². The smallest absolute Gasteiger partial charge is 0.269 e. The van der Waals surface area contributed by atoms with Crippen LogP contribution >= 0.6 is 15.9 Å². The van der Waals surface area contributed by atoms with Gasteiger partial charge in [-0.05, 0) is 23.8 Å². The molecule has 0 unspecified atom stereocenters. The summed E-state index contributed by atoms with van der Waals surface area (Å²) in [6, 6.07) is 12.5. The molecule has 0 bridgehead atoms. The minimum absolute atomic E-state index is 0.0151. The lowest BCUT2D eigenvalue weighted by Gasteiger charge is -2.22. The van der Waals surface area contributed by atoms with Crippen molar-refractivity contribution in [2.45, 2.75) is 13.2 Å². The van der Waals surface area contributed by atoms with E-state index in [0.717, 1.165) is 15.7 Å². The Morgan fingerprint density at radius 3 is 2.67 bits per heavy atom. The standard InChI is InChI=1S/C15H15BrN2O3/c1-17(9-11-3-2-4-13(16)7-11)15-6-5-14(18(20)21)8-12(15)10-19/h2-8,19H,9-10H2,1H3. The third kappa shape index (κ3) is 3.80. The lowest BCUT2D eigenvalue weighted by Crippen LogP contribution is -2.18. The van der Waals surface area contributed by atoms with Gasteiger partial charge in [-0.3, -0.25) is 10.1 Å². The van der Waals surface area contributed by atoms with Gasteiger partial charge in [0, 0.05) is 41.4 Å². The average Bonchev–Trinajstić information content (AvgIpc) is 2.46. The summed E-state index contributed by atoms with van der Waals surface area (Å²) in [5, 5.41) is 20.2. The highest BCUT2D eigenvalue weighted by atomic mass is 79.9. The van der Waals surface area contributed by atoms with Crippen LogP contribution in [0.2, 0.25) is 0 Å². The summed E-state index contributed by atoms with van der Waals surface area (Å²) in [4.78, 5) is 12.3. The van der Waals surface area contributed by atoms with Crippen LogP contribution in [0.1, 0.15) is 11.1 Å². The Hall–Kier alpha value is -1.92. The molecule has 21 heavy (non-hydrogen) atoms. The van der Waals surface area contributed by atoms with E-state index in [4.69, 9.17) is 0 Å². The maximum atomic E-state index is 10.8. The van der Waals surface area contributed by atoms with E-state index in [9.17, 15) is 15.2 Å². The average molecular weight is 351 g/mol. The molecule has 6 heteroatoms. The molecule has 1 N–H and O–H groups in total. The molecule has 0 saturated carbocycles. The molecule has 0 aliphatic rings. The van der Waals surface area contributed by atoms with Crippen LogP contribution < -0.4 is 4.90 Å². The van der Waals surface area contributed by atoms with Crippen molar-refractivity contribution in [1.82, 2.24) is 0 Å². The summed E-state index contributed by atoms with van der Waals surface area (Å²) in [6.07, 6.45) is 0. The van der Waals surface area contributed by atoms with Gasteiger partial charge in [0.15, 0.2) is 0 Å². The van der Waals surface area contributed by atoms with Gasteiger partial charge < -0.3 is 10.0 Å². The van der Waals surface area contributed by atoms with Crippen molar-refractivity contribution in [1.29, 1.82) is 0 Å². The second-order valence-electron chi connectivity index (χ2n) is 4.71. The molecule has 0 aliphatic carbocycles. The summed E-state index contributed by atoms with van der Waals surface area (Å²) in [6.45, 7) is 0.407. The van der Waals surface area contributed by atoms with Gasteiger partial charge >= 0.3 is 0 Å². The second kappa shape index (κ2) is 6.69. The van der Waals surface area contributed by atoms with Gasteiger partial charge in [-0.2, -0.15) is 0 Å². The maximum absolute atomic E-state index is 10.8. The first-order valence-corrected chi connectivity index (χ1v) is 7.14. The largest absolute Gasteiger partial charge is 0.392 e. The number of hydrogen-bond donors (Lipinski definition) is 1. The third-order valence-corrected chi connectivity index (χ3v) is 3.66. The molecule has 0 aromatic heterocycles. The molecule has 0 radical (unpaired) electrons. The highest BCUT2D eigenvalue weighted by Gasteiger charge is 2.13. The number of nitro benzene ring substituents is 1. The van der Waals surface area contributed by atoms with Crippen LogP contribution in [0.4, 0.5) is 11.4 Å². The van der Waals surface area contributed by atoms with Gasteiger partial charge in [0.25, 0.3) is 5.69 Å². The van der Waals surface area contributed by atoms with Crippen LogP contribution in [0.5, 0.6) is 0 Å². The number of anilines is 1. The summed E-state index contributed by atoms with van der Waals surface area (Å²) >= 11 is 3.43. The summed E-state index contributed by atoms with van der Waals surface area (Å²) < 4.78 is 1.000. The van der Waals surface area contributed by atoms with Crippen LogP contribution in [0.25, 0.3) is 0 Å². The van der Waals surface area contributed by atoms with Crippen molar-refractivity contribution in [2.75, 3.05) is 11.9 Å². The molecule has 0 heterocycles. The molecule has 0 atom stereocenters. The number of benzene rings is 2. The van der Waals surface area contributed by atoms with Crippen molar-refractivity contribution in [2.24, 2.45) is 0 Å². The fraction of sp³-hybridized carbons (Fsp3) is 0.200. The van der Waals surface area contributed by atoms with Crippen molar-refractivity contribution < 1.29 is 10.0 Å². The molecule has 2 rings (SSSR count). The normalized spacial score (nSPS) is 10.4. The van der Waals surface area contributed by atoms with Crippen molar-refractivity contribution in [3.8, 4) is 0 Å². The van der Waals surface area contributed by atoms with Crippen molar-refractivity contribution >= 4 is 27.3 Å². The Morgan fingerprint density at radius 2 is 2.05 bits per heavy atom. The van der Waals surface area contributed by atoms with E-state index in [-0.39, 0.29) is 12.3 Å². The van der Waals surface area contributed by atoms with E-state index in [1.54, 1.807) is 6.07 Å². The summed E-state index contributed by atoms with van der Waals surface area (Å²) in [5.41, 5.74) is 2.41. The molecule has 110 valence electrons. The first-order chi connectivity index (χ1) is 10.0. The molecule has 0 spiro atoms. The van der Waals surface area contributed by atoms with E-state index < -0.39 is 4.92 Å². The summed E-state index contributed by atoms with van der Waals surface area (Å²) in [5.74, 6) is 0. The van der Waals surface area contributed by atoms with Crippen molar-refractivity contribution in [3.63, 3.8) is 0 Å². The van der Waals surface area contributed by atoms with Gasteiger partial charge in [0.05, 0.1) is 11.5 Å². The third-order valence-electron chi connectivity index (χ3n) is 3.16. The monoisotopic (exact) mass is 350 g/mol. The number of aliphatic hydroxyl groups excluding tert-OH is 1. The van der Waals surface area contributed by atoms with E-state index in [1.165, 1.54) is 12.1 Å². The second-order valence-corrected chi connectivity index (χ2v) is 5.63. The highest BCUT2D eigenvalue weighted by molar-refractivity contribution is 9.10. The van der Waals surface area contributed by atoms with E-state index in [1.807, 2.05) is 36.2 Å². The summed E-state index contributed by atoms with van der Waals surface area (Å²) in [7, 11) is 1.89. The van der Waals surface area contributed by atoms with Crippen LogP contribution in [-0.2, 0) is 13.2 Å². The van der Waals surface area contributed by atoms with E-state index in [0.29, 0.717) is 12.1 Å². The predicted octanol–water partition coefficient (Wildman–Crippen LogP) is 3.49. The Kier molecular flexibility index (Phi) is 4.93. The lowest BCUT2D eigenvalue weighted by atomic mass is 10.1. The Labute approximate surface area is 131 Å². The predicted molar refractivity (Wildman–Crippen MR) is 85.3 cm³/mol. The fourth-order valence-electron chi connectivity index (χ4n) is 2.18. The molecule has 0 fully saturated rings. The molecular weight excluding hydrogens is 336 g/mol. The Bertz CT molecular complexity index is 661. The number of hydrogen-bond acceptors (Lipinski definition) is 4. The molecule has 2 aromatic rings. The fourth-order valence-corrected chi connectivity index (χ4v) is 2.63. The van der Waals surface area contributed by atoms with E-state index in [2.05, 4.69) is 15.9 Å². The van der Waals surface area contributed by atoms with Gasteiger partial charge in [0.1, 0.15) is 0 Å². The molecule has 0 amide bonds. The number of nitrogens with zero attached hydrogens (tertiary/aromatic N) is 2. The molecule has 0 aliphatic heterocycles. The van der Waals surface area contributed by atoms with Crippen LogP contribution in [0.15, 0.2) is 46.9 Å². The van der Waals surface area contributed by atoms with Crippen LogP contribution in [-0.4, -0.2) is 17.1 Å². The minimum Gasteiger partial charge on any atom is -0.392 e. The SMILES string of the molecule is CN(Cc1cccc(Br)c1)c1ccc([N+](=O)[O-])cc1CO. The van der Waals surface area contributed by atoms with Crippen LogP contribution in [0, 0.1) is 10.1 Å². The number of rotatable bonds is 5. The zero-order valence-electron chi connectivity index (χ0n) is 11.5. The van der Waals surface area contributed by atoms with Crippen LogP contribution in [0.3, 0.4) is 0 Å². The number of aliphatic hydroxyl groups is 1. The first-order valence-electron chi connectivity index (χ1n) is 6.35. The van der Waals surface area contributed by atoms with Gasteiger partial charge in [-0.15, -0.1) is 0 Å². The Morgan fingerprint density at radius 1 is 1.29 bits per heavy atom. The quantitative estimate of drug-likeness (QED) is 0.662. The number of nitro groups is 1. The maximum Gasteiger partial charge on any atom is 0.269 e. The lowest BCUT2D eigenvalue weighted by molar-refractivity contribution is -0.384. The van der Waals surface area contributed by atoms with Crippen molar-refractivity contribution in [3.05, 3.63) is 68.2 Å². The zero-order chi connectivity index (χ0) is 15.4. The molecule has 2 aromatic carbocycles. The molecular formula is C15H15BrN2O3. The number of non-ortho nitro benzene ring substituents is 1. The van der Waals surface area contributed by atoms with Gasteiger partial charge in [-0.25, -0.2) is 0 Å². The van der Waals surface area contributed by atoms with Gasteiger partial charge in [-0.1, -0.05) is 28.1 Å². The minimum atomic E-state index is -0.461. The Balaban J connectivity index is 2.26. The first kappa shape index (κ1) is 15.5. The number of halogens is 1. The zero-order valence-corrected chi connectivity index (χ0v) is 13.1. The molecule has 5 nitrogen and oxygen atoms in total. The van der Waals surface area contributed by atoms with Gasteiger partial charge in [0.2, 0.25) is 0 Å². The highest BCUT2D eigenvalue weighted by Crippen LogP contribution is 2.26. The molecule has 0 saturated heterocycles. The topological polar surface area (TPSA) is 66.6 Å².